The molecule has 0 saturated heterocycles. The first-order valence-corrected chi connectivity index (χ1v) is 15.6. The molecule has 0 radical (unpaired) electrons. The van der Waals surface area contributed by atoms with Crippen LogP contribution in [-0.4, -0.2) is 46.7 Å². The Morgan fingerprint density at radius 2 is 1.41 bits per heavy atom. The van der Waals surface area contributed by atoms with Gasteiger partial charge in [-0.15, -0.1) is 0 Å². The van der Waals surface area contributed by atoms with E-state index < -0.39 is 35.8 Å². The Bertz CT molecular complexity index is 1710. The van der Waals surface area contributed by atoms with E-state index in [2.05, 4.69) is 26.3 Å². The molecule has 4 amide bonds. The molecule has 236 valence electrons. The summed E-state index contributed by atoms with van der Waals surface area (Å²) in [6.45, 7) is 1.94. The first-order chi connectivity index (χ1) is 22.2. The lowest BCUT2D eigenvalue weighted by molar-refractivity contribution is -0.132. The average Bonchev–Trinajstić information content (AvgIpc) is 3.03. The average molecular weight is 638 g/mol. The van der Waals surface area contributed by atoms with Gasteiger partial charge in [-0.05, 0) is 59.4 Å². The third-order valence-corrected chi connectivity index (χ3v) is 8.35. The van der Waals surface area contributed by atoms with Gasteiger partial charge in [-0.25, -0.2) is 0 Å². The minimum Gasteiger partial charge on any atom is -0.351 e. The number of nitrogens with zero attached hydrogens (tertiary/aromatic N) is 1. The second kappa shape index (κ2) is 15.3. The molecule has 3 aromatic carbocycles. The molecule has 1 aromatic heterocycles. The number of carbonyl (C=O) groups excluding carboxylic acids is 4. The fourth-order valence-electron chi connectivity index (χ4n) is 5.55. The van der Waals surface area contributed by atoms with Crippen molar-refractivity contribution in [2.45, 2.75) is 57.2 Å². The second-order valence-electron chi connectivity index (χ2n) is 11.5. The Morgan fingerprint density at radius 1 is 0.717 bits per heavy atom. The van der Waals surface area contributed by atoms with Crippen LogP contribution in [0, 0.1) is 6.92 Å². The molecule has 0 saturated carbocycles. The van der Waals surface area contributed by atoms with Gasteiger partial charge in [-0.3, -0.25) is 24.2 Å². The van der Waals surface area contributed by atoms with Crippen LogP contribution in [0.5, 0.6) is 0 Å². The summed E-state index contributed by atoms with van der Waals surface area (Å²) in [6.07, 6.45) is 3.78. The van der Waals surface area contributed by atoms with Crippen LogP contribution in [0.3, 0.4) is 0 Å². The molecule has 4 aromatic rings. The number of halogens is 1. The fourth-order valence-corrected chi connectivity index (χ4v) is 5.76. The number of hydrogen-bond donors (Lipinski definition) is 4. The van der Waals surface area contributed by atoms with Gasteiger partial charge in [0.15, 0.2) is 0 Å². The minimum absolute atomic E-state index is 0.0622. The molecule has 0 unspecified atom stereocenters. The highest BCUT2D eigenvalue weighted by atomic mass is 35.5. The number of benzene rings is 3. The number of hydrogen-bond acceptors (Lipinski definition) is 5. The van der Waals surface area contributed by atoms with Crippen LogP contribution in [0.1, 0.15) is 34.2 Å². The molecular weight excluding hydrogens is 602 g/mol. The van der Waals surface area contributed by atoms with Crippen molar-refractivity contribution in [2.75, 3.05) is 5.32 Å². The molecule has 4 N–H and O–H groups in total. The molecule has 0 fully saturated rings. The zero-order valence-electron chi connectivity index (χ0n) is 25.5. The van der Waals surface area contributed by atoms with E-state index in [4.69, 9.17) is 11.6 Å². The largest absolute Gasteiger partial charge is 0.351 e. The van der Waals surface area contributed by atoms with Gasteiger partial charge in [-0.1, -0.05) is 78.3 Å². The Morgan fingerprint density at radius 3 is 2.17 bits per heavy atom. The van der Waals surface area contributed by atoms with E-state index in [0.29, 0.717) is 16.3 Å². The molecule has 0 aliphatic carbocycles. The third kappa shape index (κ3) is 8.79. The molecule has 2 heterocycles. The number of para-hydroxylation sites is 1. The molecule has 1 aliphatic rings. The summed E-state index contributed by atoms with van der Waals surface area (Å²) in [4.78, 5) is 58.9. The van der Waals surface area contributed by atoms with Crippen LogP contribution < -0.4 is 21.3 Å². The number of rotatable bonds is 6. The summed E-state index contributed by atoms with van der Waals surface area (Å²) in [5.41, 5.74) is 4.44. The van der Waals surface area contributed by atoms with Crippen molar-refractivity contribution in [1.82, 2.24) is 20.9 Å². The van der Waals surface area contributed by atoms with Crippen LogP contribution in [0.15, 0.2) is 97.3 Å². The summed E-state index contributed by atoms with van der Waals surface area (Å²) >= 11 is 6.47. The molecule has 10 heteroatoms. The molecule has 0 spiro atoms. The molecule has 0 bridgehead atoms. The van der Waals surface area contributed by atoms with E-state index in [9.17, 15) is 19.2 Å². The van der Waals surface area contributed by atoms with Crippen molar-refractivity contribution in [1.29, 1.82) is 0 Å². The van der Waals surface area contributed by atoms with E-state index in [0.717, 1.165) is 22.3 Å². The summed E-state index contributed by atoms with van der Waals surface area (Å²) in [6, 6.07) is 22.9. The van der Waals surface area contributed by atoms with Crippen LogP contribution in [0.2, 0.25) is 5.02 Å². The third-order valence-electron chi connectivity index (χ3n) is 7.98. The number of aryl methyl sites for hydroxylation is 1. The van der Waals surface area contributed by atoms with Gasteiger partial charge in [0.1, 0.15) is 12.1 Å². The lowest BCUT2D eigenvalue weighted by Crippen LogP contribution is -2.56. The molecular formula is C36H36ClN5O4. The molecule has 3 atom stereocenters. The maximum atomic E-state index is 14.0. The highest BCUT2D eigenvalue weighted by molar-refractivity contribution is 6.31. The topological polar surface area (TPSA) is 129 Å². The van der Waals surface area contributed by atoms with Crippen LogP contribution in [0.25, 0.3) is 0 Å². The fraction of sp³-hybridized carbons (Fsp3) is 0.250. The quantitative estimate of drug-likeness (QED) is 0.253. The first-order valence-electron chi connectivity index (χ1n) is 15.2. The summed E-state index contributed by atoms with van der Waals surface area (Å²) in [5.74, 6) is -1.71. The number of nitrogens with one attached hydrogen (secondary N) is 4. The highest BCUT2D eigenvalue weighted by Crippen LogP contribution is 2.21. The van der Waals surface area contributed by atoms with Gasteiger partial charge in [0.25, 0.3) is 0 Å². The van der Waals surface area contributed by atoms with Gasteiger partial charge >= 0.3 is 0 Å². The predicted molar refractivity (Wildman–Crippen MR) is 177 cm³/mol. The number of pyridine rings is 1. The standard InChI is InChI=1S/C36H36ClN5O4/c1-23-9-2-3-11-25(23)19-32-36(46)42-31(17-24-10-8-16-38-22-24)35(45)39-28(18-26-12-4-6-14-29(26)37)21-34(44)40-30-15-7-5-13-27(30)20-33(43)41-32/h2-16,22,28,31-32H,17-21H2,1H3,(H,39,45)(H,40,44)(H,41,43)(H,42,46)/t28-,31-,32-/m0/s1. The molecule has 5 rings (SSSR count). The number of carbonyl (C=O) groups is 4. The predicted octanol–water partition coefficient (Wildman–Crippen LogP) is 4.11. The van der Waals surface area contributed by atoms with Crippen molar-refractivity contribution in [3.63, 3.8) is 0 Å². The summed E-state index contributed by atoms with van der Waals surface area (Å²) in [5, 5.41) is 12.2. The van der Waals surface area contributed by atoms with Gasteiger partial charge in [0.05, 0.1) is 6.42 Å². The van der Waals surface area contributed by atoms with E-state index in [1.54, 1.807) is 48.8 Å². The number of fused-ring (bicyclic) bond motifs is 1. The highest BCUT2D eigenvalue weighted by Gasteiger charge is 2.30. The van der Waals surface area contributed by atoms with Gasteiger partial charge < -0.3 is 21.3 Å². The Kier molecular flexibility index (Phi) is 10.8. The van der Waals surface area contributed by atoms with Crippen molar-refractivity contribution in [2.24, 2.45) is 0 Å². The molecule has 1 aliphatic heterocycles. The first kappa shape index (κ1) is 32.4. The lowest BCUT2D eigenvalue weighted by Gasteiger charge is -2.26. The second-order valence-corrected chi connectivity index (χ2v) is 11.9. The number of anilines is 1. The summed E-state index contributed by atoms with van der Waals surface area (Å²) in [7, 11) is 0. The zero-order chi connectivity index (χ0) is 32.5. The van der Waals surface area contributed by atoms with Crippen LogP contribution >= 0.6 is 11.6 Å². The van der Waals surface area contributed by atoms with Crippen molar-refractivity contribution in [3.05, 3.63) is 130 Å². The van der Waals surface area contributed by atoms with E-state index in [1.807, 2.05) is 55.5 Å². The zero-order valence-corrected chi connectivity index (χ0v) is 26.2. The molecule has 46 heavy (non-hydrogen) atoms. The van der Waals surface area contributed by atoms with Crippen molar-refractivity contribution < 1.29 is 19.2 Å². The lowest BCUT2D eigenvalue weighted by atomic mass is 9.99. The Hall–Kier alpha value is -5.02. The van der Waals surface area contributed by atoms with E-state index >= 15 is 0 Å². The monoisotopic (exact) mass is 637 g/mol. The Labute approximate surface area is 273 Å². The number of amides is 4. The Balaban J connectivity index is 1.52. The van der Waals surface area contributed by atoms with E-state index in [1.165, 1.54) is 0 Å². The summed E-state index contributed by atoms with van der Waals surface area (Å²) < 4.78 is 0. The maximum Gasteiger partial charge on any atom is 0.243 e. The maximum absolute atomic E-state index is 14.0. The normalized spacial score (nSPS) is 19.4. The van der Waals surface area contributed by atoms with E-state index in [-0.39, 0.29) is 38.0 Å². The van der Waals surface area contributed by atoms with Gasteiger partial charge in [0.2, 0.25) is 23.6 Å². The SMILES string of the molecule is Cc1ccccc1C[C@@H]1NC(=O)Cc2ccccc2NC(=O)C[C@H](Cc2ccccc2Cl)NC(=O)[C@H](Cc2cccnc2)NC1=O. The minimum atomic E-state index is -1.02. The van der Waals surface area contributed by atoms with Gasteiger partial charge in [0, 0.05) is 48.4 Å². The smallest absolute Gasteiger partial charge is 0.243 e. The van der Waals surface area contributed by atoms with Crippen molar-refractivity contribution in [3.8, 4) is 0 Å². The van der Waals surface area contributed by atoms with Crippen molar-refractivity contribution >= 4 is 40.9 Å². The van der Waals surface area contributed by atoms with Gasteiger partial charge in [-0.2, -0.15) is 0 Å². The van der Waals surface area contributed by atoms with Crippen LogP contribution in [-0.2, 0) is 44.9 Å². The number of aromatic nitrogens is 1. The molecule has 9 nitrogen and oxygen atoms in total. The van der Waals surface area contributed by atoms with Crippen LogP contribution in [0.4, 0.5) is 5.69 Å².